The summed E-state index contributed by atoms with van der Waals surface area (Å²) in [4.78, 5) is 13.0. The molecule has 2 fully saturated rings. The van der Waals surface area contributed by atoms with Gasteiger partial charge >= 0.3 is 6.18 Å². The van der Waals surface area contributed by atoms with Gasteiger partial charge in [-0.15, -0.1) is 0 Å². The van der Waals surface area contributed by atoms with Crippen LogP contribution in [0.25, 0.3) is 0 Å². The average molecular weight is 361 g/mol. The molecule has 2 aromatic rings. The molecular weight excluding hydrogens is 343 g/mol. The molecule has 1 aliphatic heterocycles. The summed E-state index contributed by atoms with van der Waals surface area (Å²) in [6.07, 6.45) is -3.87. The molecule has 1 heterocycles. The summed E-state index contributed by atoms with van der Waals surface area (Å²) in [5.74, 6) is -0.975. The molecule has 26 heavy (non-hydrogen) atoms. The second-order valence-corrected chi connectivity index (χ2v) is 6.79. The highest BCUT2D eigenvalue weighted by atomic mass is 19.4. The summed E-state index contributed by atoms with van der Waals surface area (Å²) in [5, 5.41) is 3.27. The summed E-state index contributed by atoms with van der Waals surface area (Å²) >= 11 is 0. The Hall–Kier alpha value is -2.18. The number of ketones is 1. The highest BCUT2D eigenvalue weighted by Crippen LogP contribution is 2.41. The second-order valence-electron chi connectivity index (χ2n) is 6.79. The van der Waals surface area contributed by atoms with Gasteiger partial charge < -0.3 is 4.74 Å². The summed E-state index contributed by atoms with van der Waals surface area (Å²) in [6.45, 7) is 0. The normalized spacial score (nSPS) is 26.3. The maximum absolute atomic E-state index is 13.1. The van der Waals surface area contributed by atoms with Gasteiger partial charge in [-0.05, 0) is 30.0 Å². The standard InChI is InChI=1S/C20H18F3NO2/c21-20(22,23)14-8-4-7-13(11-14)16-17(25)18(12-5-2-1-3-6-12)26-19(16)24-15-9-10-15/h1-8,11,15-16,18-19,24H,9-10H2. The lowest BCUT2D eigenvalue weighted by atomic mass is 9.90. The zero-order chi connectivity index (χ0) is 18.3. The van der Waals surface area contributed by atoms with Crippen LogP contribution in [0.2, 0.25) is 0 Å². The number of carbonyl (C=O) groups excluding carboxylic acids is 1. The number of alkyl halides is 3. The van der Waals surface area contributed by atoms with Crippen LogP contribution in [-0.4, -0.2) is 18.1 Å². The van der Waals surface area contributed by atoms with E-state index in [1.54, 1.807) is 18.2 Å². The molecule has 1 saturated carbocycles. The van der Waals surface area contributed by atoms with E-state index in [-0.39, 0.29) is 11.8 Å². The Kier molecular flexibility index (Phi) is 4.32. The van der Waals surface area contributed by atoms with Gasteiger partial charge in [0.15, 0.2) is 5.78 Å². The molecule has 2 aliphatic rings. The SMILES string of the molecule is O=C1C(c2ccccc2)OC(NC2CC2)C1c1cccc(C(F)(F)F)c1. The quantitative estimate of drug-likeness (QED) is 0.887. The first kappa shape index (κ1) is 17.2. The molecule has 0 spiro atoms. The van der Waals surface area contributed by atoms with Crippen LogP contribution in [0.1, 0.15) is 41.6 Å². The van der Waals surface area contributed by atoms with Crippen LogP contribution in [-0.2, 0) is 15.7 Å². The highest BCUT2D eigenvalue weighted by molar-refractivity contribution is 5.93. The fourth-order valence-electron chi connectivity index (χ4n) is 3.34. The van der Waals surface area contributed by atoms with Gasteiger partial charge in [0.1, 0.15) is 12.3 Å². The molecule has 3 nitrogen and oxygen atoms in total. The van der Waals surface area contributed by atoms with Crippen LogP contribution in [0.15, 0.2) is 54.6 Å². The van der Waals surface area contributed by atoms with Gasteiger partial charge in [-0.1, -0.05) is 48.5 Å². The van der Waals surface area contributed by atoms with Gasteiger partial charge in [-0.2, -0.15) is 13.2 Å². The lowest BCUT2D eigenvalue weighted by Crippen LogP contribution is -2.35. The van der Waals surface area contributed by atoms with Gasteiger partial charge in [-0.25, -0.2) is 0 Å². The van der Waals surface area contributed by atoms with Crippen molar-refractivity contribution < 1.29 is 22.7 Å². The minimum Gasteiger partial charge on any atom is -0.346 e. The third kappa shape index (κ3) is 3.39. The van der Waals surface area contributed by atoms with Gasteiger partial charge in [0, 0.05) is 6.04 Å². The number of halogens is 3. The predicted octanol–water partition coefficient (Wildman–Crippen LogP) is 4.21. The molecule has 0 amide bonds. The first-order valence-electron chi connectivity index (χ1n) is 8.61. The van der Waals surface area contributed by atoms with Crippen LogP contribution in [0.4, 0.5) is 13.2 Å². The molecule has 6 heteroatoms. The van der Waals surface area contributed by atoms with E-state index in [1.807, 2.05) is 18.2 Å². The Bertz CT molecular complexity index is 802. The lowest BCUT2D eigenvalue weighted by molar-refractivity contribution is -0.137. The van der Waals surface area contributed by atoms with Crippen molar-refractivity contribution in [1.82, 2.24) is 5.32 Å². The molecule has 3 unspecified atom stereocenters. The van der Waals surface area contributed by atoms with Crippen molar-refractivity contribution in [1.29, 1.82) is 0 Å². The summed E-state index contributed by atoms with van der Waals surface area (Å²) in [5.41, 5.74) is 0.298. The zero-order valence-electron chi connectivity index (χ0n) is 13.9. The van der Waals surface area contributed by atoms with Crippen molar-refractivity contribution in [3.63, 3.8) is 0 Å². The predicted molar refractivity (Wildman–Crippen MR) is 89.4 cm³/mol. The maximum atomic E-state index is 13.1. The molecule has 136 valence electrons. The fraction of sp³-hybridized carbons (Fsp3) is 0.350. The molecule has 0 bridgehead atoms. The summed E-state index contributed by atoms with van der Waals surface area (Å²) < 4.78 is 45.2. The van der Waals surface area contributed by atoms with Gasteiger partial charge in [0.2, 0.25) is 0 Å². The van der Waals surface area contributed by atoms with E-state index in [1.165, 1.54) is 6.07 Å². The van der Waals surface area contributed by atoms with Crippen molar-refractivity contribution in [2.45, 2.75) is 43.3 Å². The molecule has 0 radical (unpaired) electrons. The smallest absolute Gasteiger partial charge is 0.346 e. The number of carbonyl (C=O) groups is 1. The highest BCUT2D eigenvalue weighted by Gasteiger charge is 2.46. The van der Waals surface area contributed by atoms with E-state index in [4.69, 9.17) is 4.74 Å². The number of rotatable bonds is 4. The topological polar surface area (TPSA) is 38.3 Å². The van der Waals surface area contributed by atoms with E-state index >= 15 is 0 Å². The molecule has 1 saturated heterocycles. The summed E-state index contributed by atoms with van der Waals surface area (Å²) in [7, 11) is 0. The number of ether oxygens (including phenoxy) is 1. The fourth-order valence-corrected chi connectivity index (χ4v) is 3.34. The zero-order valence-corrected chi connectivity index (χ0v) is 13.9. The Balaban J connectivity index is 1.68. The average Bonchev–Trinajstić information content (AvgIpc) is 3.37. The Labute approximate surface area is 149 Å². The third-order valence-corrected chi connectivity index (χ3v) is 4.80. The van der Waals surface area contributed by atoms with Crippen LogP contribution >= 0.6 is 0 Å². The van der Waals surface area contributed by atoms with Crippen molar-refractivity contribution in [3.8, 4) is 0 Å². The van der Waals surface area contributed by atoms with E-state index < -0.39 is 30.0 Å². The summed E-state index contributed by atoms with van der Waals surface area (Å²) in [6, 6.07) is 14.3. The van der Waals surface area contributed by atoms with Gasteiger partial charge in [-0.3, -0.25) is 10.1 Å². The van der Waals surface area contributed by atoms with Gasteiger partial charge in [0.05, 0.1) is 11.5 Å². The largest absolute Gasteiger partial charge is 0.416 e. The van der Waals surface area contributed by atoms with Crippen molar-refractivity contribution in [2.24, 2.45) is 0 Å². The minimum atomic E-state index is -4.45. The van der Waals surface area contributed by atoms with Crippen molar-refractivity contribution in [3.05, 3.63) is 71.3 Å². The minimum absolute atomic E-state index is 0.214. The maximum Gasteiger partial charge on any atom is 0.416 e. The van der Waals surface area contributed by atoms with Crippen LogP contribution in [0, 0.1) is 0 Å². The van der Waals surface area contributed by atoms with E-state index in [0.29, 0.717) is 5.56 Å². The number of benzene rings is 2. The Morgan fingerprint density at radius 1 is 0.962 bits per heavy atom. The molecule has 4 rings (SSSR count). The van der Waals surface area contributed by atoms with Crippen LogP contribution in [0.3, 0.4) is 0 Å². The molecule has 2 aromatic carbocycles. The lowest BCUT2D eigenvalue weighted by Gasteiger charge is -2.20. The molecule has 0 aromatic heterocycles. The number of nitrogens with one attached hydrogen (secondary N) is 1. The monoisotopic (exact) mass is 361 g/mol. The Morgan fingerprint density at radius 2 is 1.65 bits per heavy atom. The second kappa shape index (κ2) is 6.52. The number of Topliss-reactive ketones (excluding diaryl/α,β-unsaturated/α-hetero) is 1. The first-order chi connectivity index (χ1) is 12.4. The van der Waals surface area contributed by atoms with Crippen LogP contribution < -0.4 is 5.32 Å². The van der Waals surface area contributed by atoms with Gasteiger partial charge in [0.25, 0.3) is 0 Å². The molecule has 3 atom stereocenters. The van der Waals surface area contributed by atoms with Crippen molar-refractivity contribution in [2.75, 3.05) is 0 Å². The van der Waals surface area contributed by atoms with E-state index in [0.717, 1.165) is 30.5 Å². The Morgan fingerprint density at radius 3 is 2.31 bits per heavy atom. The number of hydrogen-bond donors (Lipinski definition) is 1. The first-order valence-corrected chi connectivity index (χ1v) is 8.61. The number of hydrogen-bond acceptors (Lipinski definition) is 3. The van der Waals surface area contributed by atoms with E-state index in [9.17, 15) is 18.0 Å². The van der Waals surface area contributed by atoms with E-state index in [2.05, 4.69) is 5.32 Å². The molecule has 1 aliphatic carbocycles. The molecule has 1 N–H and O–H groups in total. The third-order valence-electron chi connectivity index (χ3n) is 4.80. The molecular formula is C20H18F3NO2. The van der Waals surface area contributed by atoms with Crippen LogP contribution in [0.5, 0.6) is 0 Å². The van der Waals surface area contributed by atoms with Crippen molar-refractivity contribution >= 4 is 5.78 Å².